The number of amides is 1. The first-order valence-electron chi connectivity index (χ1n) is 8.27. The number of aryl methyl sites for hydroxylation is 1. The number of H-pyrrole nitrogens is 1. The van der Waals surface area contributed by atoms with Crippen molar-refractivity contribution >= 4 is 17.5 Å². The maximum Gasteiger partial charge on any atom is 0.224 e. The van der Waals surface area contributed by atoms with Gasteiger partial charge in [0.05, 0.1) is 12.1 Å². The van der Waals surface area contributed by atoms with Crippen molar-refractivity contribution in [3.05, 3.63) is 40.5 Å². The summed E-state index contributed by atoms with van der Waals surface area (Å²) in [5, 5.41) is 11.1. The zero-order chi connectivity index (χ0) is 16.9. The van der Waals surface area contributed by atoms with Gasteiger partial charge in [0, 0.05) is 41.6 Å². The molecule has 6 heteroatoms. The van der Waals surface area contributed by atoms with E-state index < -0.39 is 0 Å². The lowest BCUT2D eigenvalue weighted by Crippen LogP contribution is -2.33. The molecule has 3 rings (SSSR count). The fourth-order valence-corrected chi connectivity index (χ4v) is 3.07. The van der Waals surface area contributed by atoms with Crippen LogP contribution in [-0.4, -0.2) is 35.9 Å². The van der Waals surface area contributed by atoms with Crippen molar-refractivity contribution < 1.29 is 9.53 Å². The SMILES string of the molecule is Cc1[nH]nc(-c2ccc(Cl)cc2)c1CC(=O)NCC1CCOCC1. The summed E-state index contributed by atoms with van der Waals surface area (Å²) >= 11 is 5.94. The molecule has 0 saturated carbocycles. The Morgan fingerprint density at radius 3 is 2.75 bits per heavy atom. The molecule has 0 atom stereocenters. The van der Waals surface area contributed by atoms with Crippen LogP contribution in [0.25, 0.3) is 11.3 Å². The van der Waals surface area contributed by atoms with E-state index in [0.29, 0.717) is 17.4 Å². The van der Waals surface area contributed by atoms with Crippen molar-refractivity contribution in [2.24, 2.45) is 5.92 Å². The number of aromatic nitrogens is 2. The highest BCUT2D eigenvalue weighted by atomic mass is 35.5. The predicted molar refractivity (Wildman–Crippen MR) is 94.0 cm³/mol. The minimum atomic E-state index is 0.0289. The zero-order valence-corrected chi connectivity index (χ0v) is 14.5. The number of ether oxygens (including phenoxy) is 1. The molecule has 1 aliphatic heterocycles. The van der Waals surface area contributed by atoms with Gasteiger partial charge in [-0.25, -0.2) is 0 Å². The number of carbonyl (C=O) groups is 1. The van der Waals surface area contributed by atoms with Gasteiger partial charge in [-0.15, -0.1) is 0 Å². The van der Waals surface area contributed by atoms with E-state index in [4.69, 9.17) is 16.3 Å². The fourth-order valence-electron chi connectivity index (χ4n) is 2.95. The maximum absolute atomic E-state index is 12.3. The van der Waals surface area contributed by atoms with Crippen molar-refractivity contribution in [2.75, 3.05) is 19.8 Å². The van der Waals surface area contributed by atoms with Crippen LogP contribution in [0.1, 0.15) is 24.1 Å². The Morgan fingerprint density at radius 2 is 2.04 bits per heavy atom. The van der Waals surface area contributed by atoms with Gasteiger partial charge in [0.2, 0.25) is 5.91 Å². The largest absolute Gasteiger partial charge is 0.381 e. The van der Waals surface area contributed by atoms with Gasteiger partial charge in [0.1, 0.15) is 0 Å². The first kappa shape index (κ1) is 17.0. The number of aromatic amines is 1. The second kappa shape index (κ2) is 7.81. The minimum absolute atomic E-state index is 0.0289. The Kier molecular flexibility index (Phi) is 5.53. The van der Waals surface area contributed by atoms with Gasteiger partial charge in [0.15, 0.2) is 0 Å². The predicted octanol–water partition coefficient (Wildman–Crippen LogP) is 3.12. The molecular weight excluding hydrogens is 326 g/mol. The number of nitrogens with one attached hydrogen (secondary N) is 2. The molecule has 0 unspecified atom stereocenters. The average Bonchev–Trinajstić information content (AvgIpc) is 2.95. The zero-order valence-electron chi connectivity index (χ0n) is 13.8. The molecule has 0 aliphatic carbocycles. The quantitative estimate of drug-likeness (QED) is 0.873. The summed E-state index contributed by atoms with van der Waals surface area (Å²) in [5.41, 5.74) is 3.62. The van der Waals surface area contributed by atoms with Gasteiger partial charge < -0.3 is 10.1 Å². The van der Waals surface area contributed by atoms with E-state index in [2.05, 4.69) is 15.5 Å². The van der Waals surface area contributed by atoms with E-state index in [0.717, 1.165) is 55.1 Å². The van der Waals surface area contributed by atoms with E-state index >= 15 is 0 Å². The number of rotatable bonds is 5. The highest BCUT2D eigenvalue weighted by Crippen LogP contribution is 2.25. The molecule has 5 nitrogen and oxygen atoms in total. The van der Waals surface area contributed by atoms with Crippen LogP contribution in [0.15, 0.2) is 24.3 Å². The van der Waals surface area contributed by atoms with Crippen LogP contribution < -0.4 is 5.32 Å². The molecule has 1 fully saturated rings. The molecule has 0 bridgehead atoms. The molecule has 128 valence electrons. The van der Waals surface area contributed by atoms with E-state index in [1.807, 2.05) is 31.2 Å². The van der Waals surface area contributed by atoms with Crippen LogP contribution in [0.2, 0.25) is 5.02 Å². The second-order valence-electron chi connectivity index (χ2n) is 6.22. The van der Waals surface area contributed by atoms with Crippen molar-refractivity contribution in [1.29, 1.82) is 0 Å². The number of hydrogen-bond donors (Lipinski definition) is 2. The number of halogens is 1. The molecule has 0 spiro atoms. The van der Waals surface area contributed by atoms with Crippen molar-refractivity contribution in [1.82, 2.24) is 15.5 Å². The molecule has 1 aromatic heterocycles. The van der Waals surface area contributed by atoms with Crippen LogP contribution in [0.3, 0.4) is 0 Å². The summed E-state index contributed by atoms with van der Waals surface area (Å²) in [7, 11) is 0. The lowest BCUT2D eigenvalue weighted by molar-refractivity contribution is -0.120. The first-order chi connectivity index (χ1) is 11.6. The molecule has 1 aromatic carbocycles. The highest BCUT2D eigenvalue weighted by Gasteiger charge is 2.18. The molecule has 2 heterocycles. The van der Waals surface area contributed by atoms with Crippen LogP contribution in [0.5, 0.6) is 0 Å². The van der Waals surface area contributed by atoms with E-state index in [-0.39, 0.29) is 5.91 Å². The van der Waals surface area contributed by atoms with Gasteiger partial charge in [-0.2, -0.15) is 5.10 Å². The van der Waals surface area contributed by atoms with E-state index in [1.165, 1.54) is 0 Å². The molecule has 1 amide bonds. The Morgan fingerprint density at radius 1 is 1.33 bits per heavy atom. The van der Waals surface area contributed by atoms with Crippen LogP contribution in [0.4, 0.5) is 0 Å². The summed E-state index contributed by atoms with van der Waals surface area (Å²) in [4.78, 5) is 12.3. The summed E-state index contributed by atoms with van der Waals surface area (Å²) in [5.74, 6) is 0.546. The standard InChI is InChI=1S/C18H22ClN3O2/c1-12-16(10-17(23)20-11-13-6-8-24-9-7-13)18(22-21-12)14-2-4-15(19)5-3-14/h2-5,13H,6-11H2,1H3,(H,20,23)(H,21,22). The van der Waals surface area contributed by atoms with Crippen molar-refractivity contribution in [2.45, 2.75) is 26.2 Å². The number of carbonyl (C=O) groups excluding carboxylic acids is 1. The molecule has 0 radical (unpaired) electrons. The van der Waals surface area contributed by atoms with Gasteiger partial charge in [0.25, 0.3) is 0 Å². The third-order valence-corrected chi connectivity index (χ3v) is 4.71. The van der Waals surface area contributed by atoms with Gasteiger partial charge >= 0.3 is 0 Å². The van der Waals surface area contributed by atoms with Crippen molar-refractivity contribution in [3.63, 3.8) is 0 Å². The summed E-state index contributed by atoms with van der Waals surface area (Å²) in [6.45, 7) is 4.24. The van der Waals surface area contributed by atoms with Gasteiger partial charge in [-0.05, 0) is 37.8 Å². The molecule has 1 saturated heterocycles. The van der Waals surface area contributed by atoms with Gasteiger partial charge in [-0.1, -0.05) is 23.7 Å². The second-order valence-corrected chi connectivity index (χ2v) is 6.66. The fraction of sp³-hybridized carbons (Fsp3) is 0.444. The summed E-state index contributed by atoms with van der Waals surface area (Å²) < 4.78 is 5.35. The summed E-state index contributed by atoms with van der Waals surface area (Å²) in [6.07, 6.45) is 2.35. The smallest absolute Gasteiger partial charge is 0.224 e. The molecule has 24 heavy (non-hydrogen) atoms. The third-order valence-electron chi connectivity index (χ3n) is 4.46. The highest BCUT2D eigenvalue weighted by molar-refractivity contribution is 6.30. The van der Waals surface area contributed by atoms with Crippen LogP contribution in [-0.2, 0) is 16.0 Å². The Labute approximate surface area is 146 Å². The molecule has 1 aliphatic rings. The summed E-state index contributed by atoms with van der Waals surface area (Å²) in [6, 6.07) is 7.49. The monoisotopic (exact) mass is 347 g/mol. The Hall–Kier alpha value is -1.85. The molecular formula is C18H22ClN3O2. The Balaban J connectivity index is 1.65. The normalized spacial score (nSPS) is 15.4. The molecule has 2 aromatic rings. The lowest BCUT2D eigenvalue weighted by Gasteiger charge is -2.22. The van der Waals surface area contributed by atoms with E-state index in [9.17, 15) is 4.79 Å². The van der Waals surface area contributed by atoms with Crippen LogP contribution in [0, 0.1) is 12.8 Å². The van der Waals surface area contributed by atoms with E-state index in [1.54, 1.807) is 0 Å². The lowest BCUT2D eigenvalue weighted by atomic mass is 10.00. The maximum atomic E-state index is 12.3. The minimum Gasteiger partial charge on any atom is -0.381 e. The number of hydrogen-bond acceptors (Lipinski definition) is 3. The first-order valence-corrected chi connectivity index (χ1v) is 8.65. The molecule has 2 N–H and O–H groups in total. The topological polar surface area (TPSA) is 67.0 Å². The third kappa shape index (κ3) is 4.16. The Bertz CT molecular complexity index is 691. The number of benzene rings is 1. The van der Waals surface area contributed by atoms with Crippen LogP contribution >= 0.6 is 11.6 Å². The number of nitrogens with zero attached hydrogens (tertiary/aromatic N) is 1. The van der Waals surface area contributed by atoms with Crippen molar-refractivity contribution in [3.8, 4) is 11.3 Å². The average molecular weight is 348 g/mol. The van der Waals surface area contributed by atoms with Gasteiger partial charge in [-0.3, -0.25) is 9.89 Å².